The molecule has 0 unspecified atom stereocenters. The number of hydrogen-bond donors (Lipinski definition) is 2. The van der Waals surface area contributed by atoms with Gasteiger partial charge in [-0.2, -0.15) is 0 Å². The third-order valence-electron chi connectivity index (χ3n) is 2.87. The lowest BCUT2D eigenvalue weighted by Gasteiger charge is -2.10. The van der Waals surface area contributed by atoms with Crippen LogP contribution in [-0.4, -0.2) is 17.6 Å². The summed E-state index contributed by atoms with van der Waals surface area (Å²) in [4.78, 5) is 23.0. The topological polar surface area (TPSA) is 116 Å². The maximum Gasteiger partial charge on any atom is 0.330 e. The average Bonchev–Trinajstić information content (AvgIpc) is 2.42. The van der Waals surface area contributed by atoms with Crippen LogP contribution in [0.5, 0.6) is 0 Å². The fourth-order valence-corrected chi connectivity index (χ4v) is 2.94. The smallest absolute Gasteiger partial charge is 0.330 e. The highest BCUT2D eigenvalue weighted by molar-refractivity contribution is 7.92. The Hall–Kier alpha value is -2.55. The van der Waals surface area contributed by atoms with E-state index < -0.39 is 26.2 Å². The van der Waals surface area contributed by atoms with E-state index in [4.69, 9.17) is 5.73 Å². The normalized spacial score (nSPS) is 11.3. The van der Waals surface area contributed by atoms with Crippen molar-refractivity contribution in [3.8, 4) is 0 Å². The van der Waals surface area contributed by atoms with Gasteiger partial charge in [0.1, 0.15) is 0 Å². The van der Waals surface area contributed by atoms with E-state index in [0.717, 1.165) is 15.3 Å². The molecule has 9 heteroatoms. The second-order valence-electron chi connectivity index (χ2n) is 4.48. The predicted molar refractivity (Wildman–Crippen MR) is 78.6 cm³/mol. The van der Waals surface area contributed by atoms with E-state index in [1.165, 1.54) is 38.4 Å². The molecule has 112 valence electrons. The summed E-state index contributed by atoms with van der Waals surface area (Å²) in [5.74, 6) is 0. The van der Waals surface area contributed by atoms with Crippen LogP contribution in [0.3, 0.4) is 0 Å². The van der Waals surface area contributed by atoms with Crippen LogP contribution in [0.15, 0.2) is 44.9 Å². The molecule has 0 aliphatic rings. The second kappa shape index (κ2) is 5.09. The van der Waals surface area contributed by atoms with Crippen LogP contribution in [-0.2, 0) is 24.1 Å². The number of benzene rings is 1. The van der Waals surface area contributed by atoms with E-state index in [0.29, 0.717) is 5.69 Å². The van der Waals surface area contributed by atoms with Crippen LogP contribution in [0, 0.1) is 0 Å². The third-order valence-corrected chi connectivity index (χ3v) is 4.23. The molecule has 1 aromatic heterocycles. The van der Waals surface area contributed by atoms with Gasteiger partial charge < -0.3 is 10.3 Å². The maximum absolute atomic E-state index is 12.3. The fraction of sp³-hybridized carbons (Fsp3) is 0.167. The molecule has 0 bridgehead atoms. The highest BCUT2D eigenvalue weighted by Gasteiger charge is 2.21. The van der Waals surface area contributed by atoms with Gasteiger partial charge in [0, 0.05) is 31.7 Å². The number of aryl methyl sites for hydroxylation is 1. The van der Waals surface area contributed by atoms with Gasteiger partial charge in [-0.05, 0) is 24.3 Å². The van der Waals surface area contributed by atoms with Gasteiger partial charge in [0.15, 0.2) is 4.90 Å². The Balaban J connectivity index is 2.53. The van der Waals surface area contributed by atoms with Crippen molar-refractivity contribution in [3.63, 3.8) is 0 Å². The molecule has 0 radical (unpaired) electrons. The molecule has 0 saturated heterocycles. The molecule has 1 heterocycles. The van der Waals surface area contributed by atoms with Crippen LogP contribution in [0.1, 0.15) is 0 Å². The predicted octanol–water partition coefficient (Wildman–Crippen LogP) is -0.533. The molecular formula is C12H14N4O4S. The molecule has 0 fully saturated rings. The summed E-state index contributed by atoms with van der Waals surface area (Å²) >= 11 is 0. The van der Waals surface area contributed by atoms with Crippen LogP contribution in [0.4, 0.5) is 11.4 Å². The number of nitrogens with two attached hydrogens (primary N) is 1. The quantitative estimate of drug-likeness (QED) is 0.739. The second-order valence-corrected chi connectivity index (χ2v) is 6.13. The molecule has 0 amide bonds. The summed E-state index contributed by atoms with van der Waals surface area (Å²) in [6, 6.07) is 5.99. The van der Waals surface area contributed by atoms with Gasteiger partial charge >= 0.3 is 5.69 Å². The summed E-state index contributed by atoms with van der Waals surface area (Å²) in [5.41, 5.74) is 4.77. The first-order valence-corrected chi connectivity index (χ1v) is 7.36. The Kier molecular flexibility index (Phi) is 3.60. The zero-order valence-electron chi connectivity index (χ0n) is 11.4. The number of hydrogen-bond acceptors (Lipinski definition) is 5. The van der Waals surface area contributed by atoms with E-state index in [2.05, 4.69) is 4.72 Å². The van der Waals surface area contributed by atoms with Crippen LogP contribution < -0.4 is 21.7 Å². The standard InChI is InChI=1S/C12H14N4O4S/c1-15-7-10(11(17)16(2)12(15)18)21(19,20)14-9-5-3-8(13)4-6-9/h3-7,14H,13H2,1-2H3. The van der Waals surface area contributed by atoms with Gasteiger partial charge in [0.2, 0.25) is 0 Å². The van der Waals surface area contributed by atoms with Gasteiger partial charge in [0.25, 0.3) is 15.6 Å². The molecule has 0 saturated carbocycles. The fourth-order valence-electron chi connectivity index (χ4n) is 1.72. The number of sulfonamides is 1. The van der Waals surface area contributed by atoms with Crippen LogP contribution in [0.25, 0.3) is 0 Å². The molecule has 2 aromatic rings. The van der Waals surface area contributed by atoms with E-state index in [-0.39, 0.29) is 5.69 Å². The molecular weight excluding hydrogens is 296 g/mol. The van der Waals surface area contributed by atoms with Crippen molar-refractivity contribution >= 4 is 21.4 Å². The molecule has 0 atom stereocenters. The zero-order valence-corrected chi connectivity index (χ0v) is 12.2. The summed E-state index contributed by atoms with van der Waals surface area (Å²) in [5, 5.41) is 0. The lowest BCUT2D eigenvalue weighted by molar-refractivity contribution is 0.589. The van der Waals surface area contributed by atoms with Crippen molar-refractivity contribution < 1.29 is 8.42 Å². The van der Waals surface area contributed by atoms with Gasteiger partial charge in [-0.15, -0.1) is 0 Å². The summed E-state index contributed by atoms with van der Waals surface area (Å²) in [6.45, 7) is 0. The van der Waals surface area contributed by atoms with Gasteiger partial charge in [-0.3, -0.25) is 14.1 Å². The molecule has 2 rings (SSSR count). The van der Waals surface area contributed by atoms with Crippen molar-refractivity contribution in [1.82, 2.24) is 9.13 Å². The van der Waals surface area contributed by atoms with E-state index >= 15 is 0 Å². The molecule has 1 aromatic carbocycles. The highest BCUT2D eigenvalue weighted by Crippen LogP contribution is 2.14. The minimum absolute atomic E-state index is 0.264. The monoisotopic (exact) mass is 310 g/mol. The third kappa shape index (κ3) is 2.82. The van der Waals surface area contributed by atoms with Crippen LogP contribution in [0.2, 0.25) is 0 Å². The maximum atomic E-state index is 12.3. The van der Waals surface area contributed by atoms with Gasteiger partial charge in [0.05, 0.1) is 0 Å². The van der Waals surface area contributed by atoms with Crippen molar-refractivity contribution in [2.45, 2.75) is 4.90 Å². The molecule has 0 aliphatic carbocycles. The number of nitrogens with one attached hydrogen (secondary N) is 1. The number of rotatable bonds is 3. The molecule has 8 nitrogen and oxygen atoms in total. The van der Waals surface area contributed by atoms with Gasteiger partial charge in [-0.1, -0.05) is 0 Å². The van der Waals surface area contributed by atoms with Crippen molar-refractivity contribution in [1.29, 1.82) is 0 Å². The number of anilines is 2. The lowest BCUT2D eigenvalue weighted by Crippen LogP contribution is -2.40. The molecule has 0 aliphatic heterocycles. The minimum Gasteiger partial charge on any atom is -0.399 e. The Morgan fingerprint density at radius 1 is 1.10 bits per heavy atom. The average molecular weight is 310 g/mol. The van der Waals surface area contributed by atoms with Crippen LogP contribution >= 0.6 is 0 Å². The Bertz CT molecular complexity index is 894. The first-order chi connectivity index (χ1) is 9.72. The van der Waals surface area contributed by atoms with Crippen molar-refractivity contribution in [2.24, 2.45) is 14.1 Å². The van der Waals surface area contributed by atoms with E-state index in [9.17, 15) is 18.0 Å². The molecule has 0 spiro atoms. The summed E-state index contributed by atoms with van der Waals surface area (Å²) < 4.78 is 28.5. The van der Waals surface area contributed by atoms with Gasteiger partial charge in [-0.25, -0.2) is 13.2 Å². The number of nitrogen functional groups attached to an aromatic ring is 1. The number of nitrogens with zero attached hydrogens (tertiary/aromatic N) is 2. The first-order valence-electron chi connectivity index (χ1n) is 5.87. The lowest BCUT2D eigenvalue weighted by atomic mass is 10.3. The Labute approximate surface area is 120 Å². The Morgan fingerprint density at radius 3 is 2.24 bits per heavy atom. The minimum atomic E-state index is -4.10. The van der Waals surface area contributed by atoms with E-state index in [1.807, 2.05) is 0 Å². The zero-order chi connectivity index (χ0) is 15.8. The first kappa shape index (κ1) is 14.9. The Morgan fingerprint density at radius 2 is 1.67 bits per heavy atom. The van der Waals surface area contributed by atoms with E-state index in [1.54, 1.807) is 0 Å². The SMILES string of the molecule is Cn1cc(S(=O)(=O)Nc2ccc(N)cc2)c(=O)n(C)c1=O. The molecule has 3 N–H and O–H groups in total. The summed E-state index contributed by atoms with van der Waals surface area (Å²) in [7, 11) is -1.52. The molecule has 21 heavy (non-hydrogen) atoms. The number of aromatic nitrogens is 2. The van der Waals surface area contributed by atoms with Crippen molar-refractivity contribution in [3.05, 3.63) is 51.3 Å². The largest absolute Gasteiger partial charge is 0.399 e. The van der Waals surface area contributed by atoms with Crippen molar-refractivity contribution in [2.75, 3.05) is 10.5 Å². The summed E-state index contributed by atoms with van der Waals surface area (Å²) in [6.07, 6.45) is 0.990. The highest BCUT2D eigenvalue weighted by atomic mass is 32.2.